The minimum atomic E-state index is -8.04. The zero-order valence-electron chi connectivity index (χ0n) is 13.6. The van der Waals surface area contributed by atoms with Gasteiger partial charge in [-0.3, -0.25) is 0 Å². The Bertz CT molecular complexity index is 724. The van der Waals surface area contributed by atoms with Crippen molar-refractivity contribution < 1.29 is 80.1 Å². The van der Waals surface area contributed by atoms with Crippen LogP contribution in [0.2, 0.25) is 0 Å². The second-order valence-electron chi connectivity index (χ2n) is 6.56. The van der Waals surface area contributed by atoms with Gasteiger partial charge in [0.2, 0.25) is 10.8 Å². The highest BCUT2D eigenvalue weighted by atomic mass is 19.4. The van der Waals surface area contributed by atoms with E-state index in [1.807, 2.05) is 0 Å². The molecule has 2 rings (SSSR count). The summed E-state index contributed by atoms with van der Waals surface area (Å²) in [6, 6.07) is 0. The largest absolute Gasteiger partial charge is 0.410 e. The first kappa shape index (κ1) is 25.1. The van der Waals surface area contributed by atoms with Crippen LogP contribution in [0, 0.1) is 10.8 Å². The molecule has 0 amide bonds. The second kappa shape index (κ2) is 5.40. The Morgan fingerprint density at radius 3 is 1.27 bits per heavy atom. The molecular formula is C12H6F16O2. The number of hydrogen-bond acceptors (Lipinski definition) is 2. The molecule has 4 atom stereocenters. The molecule has 0 aromatic rings. The van der Waals surface area contributed by atoms with Crippen molar-refractivity contribution in [1.29, 1.82) is 0 Å². The van der Waals surface area contributed by atoms with Crippen LogP contribution >= 0.6 is 0 Å². The van der Waals surface area contributed by atoms with E-state index < -0.39 is 72.1 Å². The summed E-state index contributed by atoms with van der Waals surface area (Å²) in [6.45, 7) is -3.96. The van der Waals surface area contributed by atoms with Crippen LogP contribution in [0.25, 0.3) is 0 Å². The molecule has 2 aliphatic carbocycles. The predicted molar refractivity (Wildman–Crippen MR) is 58.5 cm³/mol. The van der Waals surface area contributed by atoms with E-state index in [-0.39, 0.29) is 0 Å². The van der Waals surface area contributed by atoms with Crippen molar-refractivity contribution in [3.63, 3.8) is 0 Å². The number of ether oxygens (including phenoxy) is 1. The maximum atomic E-state index is 15.2. The third kappa shape index (κ3) is 1.66. The van der Waals surface area contributed by atoms with Gasteiger partial charge in [-0.25, -0.2) is 22.0 Å². The van der Waals surface area contributed by atoms with E-state index in [0.717, 1.165) is 0 Å². The summed E-state index contributed by atoms with van der Waals surface area (Å²) in [4.78, 5) is 0. The molecule has 0 aliphatic heterocycles. The van der Waals surface area contributed by atoms with Crippen LogP contribution in [0.4, 0.5) is 70.2 Å². The van der Waals surface area contributed by atoms with E-state index >= 15 is 4.39 Å². The molecule has 2 fully saturated rings. The Morgan fingerprint density at radius 2 is 1.03 bits per heavy atom. The molecule has 4 unspecified atom stereocenters. The van der Waals surface area contributed by atoms with Gasteiger partial charge in [-0.2, -0.15) is 48.3 Å². The van der Waals surface area contributed by atoms with Gasteiger partial charge in [0.25, 0.3) is 5.67 Å². The fourth-order valence-corrected chi connectivity index (χ4v) is 4.75. The van der Waals surface area contributed by atoms with Crippen LogP contribution in [0.3, 0.4) is 0 Å². The topological polar surface area (TPSA) is 29.5 Å². The van der Waals surface area contributed by atoms with Crippen LogP contribution < -0.4 is 0 Å². The number of aliphatic hydroxyl groups excluding tert-OH is 1. The smallest absolute Gasteiger partial charge is 0.393 e. The van der Waals surface area contributed by atoms with E-state index in [1.54, 1.807) is 0 Å². The lowest BCUT2D eigenvalue weighted by atomic mass is 9.54. The molecule has 1 N–H and O–H groups in total. The Hall–Kier alpha value is -1.20. The molecule has 0 saturated heterocycles. The molecule has 0 spiro atoms. The van der Waals surface area contributed by atoms with E-state index in [4.69, 9.17) is 5.11 Å². The van der Waals surface area contributed by atoms with Crippen LogP contribution in [0.1, 0.15) is 0 Å². The maximum absolute atomic E-state index is 15.2. The van der Waals surface area contributed by atoms with Gasteiger partial charge in [-0.1, -0.05) is 0 Å². The Kier molecular flexibility index (Phi) is 4.51. The number of fused-ring (bicyclic) bond motifs is 2. The summed E-state index contributed by atoms with van der Waals surface area (Å²) in [6.07, 6.45) is -23.9. The summed E-state index contributed by atoms with van der Waals surface area (Å²) in [5.41, 5.74) is -30.7. The normalized spacial score (nSPS) is 42.6. The lowest BCUT2D eigenvalue weighted by molar-refractivity contribution is -0.494. The van der Waals surface area contributed by atoms with Crippen molar-refractivity contribution in [3.05, 3.63) is 0 Å². The zero-order valence-corrected chi connectivity index (χ0v) is 13.6. The van der Waals surface area contributed by atoms with Gasteiger partial charge in [0.15, 0.2) is 5.67 Å². The minimum Gasteiger partial charge on any atom is -0.393 e. The average Bonchev–Trinajstić information content (AvgIpc) is 2.67. The van der Waals surface area contributed by atoms with Crippen LogP contribution in [-0.4, -0.2) is 66.4 Å². The van der Waals surface area contributed by atoms with Crippen molar-refractivity contribution in [1.82, 2.24) is 0 Å². The number of aliphatic hydroxyl groups is 1. The van der Waals surface area contributed by atoms with E-state index in [2.05, 4.69) is 4.74 Å². The third-order valence-electron chi connectivity index (χ3n) is 5.70. The van der Waals surface area contributed by atoms with Crippen molar-refractivity contribution >= 4 is 0 Å². The number of rotatable bonds is 2. The summed E-state index contributed by atoms with van der Waals surface area (Å²) in [7, 11) is -0.678. The fourth-order valence-electron chi connectivity index (χ4n) is 4.75. The molecule has 2 saturated carbocycles. The molecule has 2 aliphatic rings. The first-order chi connectivity index (χ1) is 12.9. The van der Waals surface area contributed by atoms with E-state index in [1.165, 1.54) is 0 Å². The van der Waals surface area contributed by atoms with Crippen molar-refractivity contribution in [2.75, 3.05) is 13.7 Å². The quantitative estimate of drug-likeness (QED) is 0.576. The van der Waals surface area contributed by atoms with Gasteiger partial charge in [-0.15, -0.1) is 0 Å². The molecule has 0 heterocycles. The van der Waals surface area contributed by atoms with Gasteiger partial charge in [0, 0.05) is 7.11 Å². The molecule has 0 radical (unpaired) electrons. The highest BCUT2D eigenvalue weighted by Gasteiger charge is 3.22. The molecule has 0 aromatic carbocycles. The number of hydrogen-bond donors (Lipinski definition) is 1. The first-order valence-corrected chi connectivity index (χ1v) is 7.06. The lowest BCUT2D eigenvalue weighted by Crippen LogP contribution is -2.84. The Morgan fingerprint density at radius 1 is 0.667 bits per heavy atom. The number of halogens is 16. The van der Waals surface area contributed by atoms with E-state index in [0.29, 0.717) is 0 Å². The standard InChI is InChI=1S/C12H6F16O2/c1-30-9(19)5(12(26,27)28)3(13,2-29)4(10(20,21)22,11(23,24)25)6(14,7(5,15)16)8(9,17)18/h29H,2H2,1H3. The van der Waals surface area contributed by atoms with Crippen molar-refractivity contribution in [2.45, 2.75) is 47.6 Å². The number of alkyl halides is 16. The van der Waals surface area contributed by atoms with Gasteiger partial charge < -0.3 is 9.84 Å². The zero-order chi connectivity index (χ0) is 24.4. The van der Waals surface area contributed by atoms with Gasteiger partial charge >= 0.3 is 36.2 Å². The molecule has 178 valence electrons. The van der Waals surface area contributed by atoms with Crippen molar-refractivity contribution in [2.24, 2.45) is 10.8 Å². The predicted octanol–water partition coefficient (Wildman–Crippen LogP) is 4.67. The third-order valence-corrected chi connectivity index (χ3v) is 5.70. The van der Waals surface area contributed by atoms with Crippen LogP contribution in [-0.2, 0) is 4.74 Å². The Balaban J connectivity index is 3.45. The minimum absolute atomic E-state index is 0.678. The van der Waals surface area contributed by atoms with Crippen LogP contribution in [0.15, 0.2) is 0 Å². The summed E-state index contributed by atoms with van der Waals surface area (Å²) in [5, 5.41) is 8.74. The highest BCUT2D eigenvalue weighted by Crippen LogP contribution is 2.92. The summed E-state index contributed by atoms with van der Waals surface area (Å²) < 4.78 is 226. The van der Waals surface area contributed by atoms with E-state index in [9.17, 15) is 65.9 Å². The number of methoxy groups -OCH3 is 1. The molecule has 18 heteroatoms. The average molecular weight is 486 g/mol. The fraction of sp³-hybridized carbons (Fsp3) is 1.00. The SMILES string of the molecule is COC1(F)C(F)(F)C2(F)C(F)(F)C1(C(F)(F)F)C(F)(CO)C2(C(F)(F)F)C(F)(F)F. The van der Waals surface area contributed by atoms with Gasteiger partial charge in [0.1, 0.15) is 0 Å². The van der Waals surface area contributed by atoms with Crippen LogP contribution in [0.5, 0.6) is 0 Å². The lowest BCUT2D eigenvalue weighted by Gasteiger charge is -2.57. The molecule has 0 aromatic heterocycles. The second-order valence-corrected chi connectivity index (χ2v) is 6.56. The van der Waals surface area contributed by atoms with Gasteiger partial charge in [-0.05, 0) is 0 Å². The highest BCUT2D eigenvalue weighted by molar-refractivity contribution is 5.50. The molecular weight excluding hydrogens is 480 g/mol. The molecule has 2 nitrogen and oxygen atoms in total. The molecule has 2 bridgehead atoms. The summed E-state index contributed by atoms with van der Waals surface area (Å²) in [5.74, 6) is -22.3. The summed E-state index contributed by atoms with van der Waals surface area (Å²) >= 11 is 0. The maximum Gasteiger partial charge on any atom is 0.410 e. The van der Waals surface area contributed by atoms with Gasteiger partial charge in [0.05, 0.1) is 6.61 Å². The first-order valence-electron chi connectivity index (χ1n) is 7.06. The monoisotopic (exact) mass is 486 g/mol. The Labute approximate surface area is 153 Å². The molecule has 30 heavy (non-hydrogen) atoms. The van der Waals surface area contributed by atoms with Crippen molar-refractivity contribution in [3.8, 4) is 0 Å².